The number of carbonyl (C=O) groups excluding carboxylic acids is 2. The van der Waals surface area contributed by atoms with Crippen LogP contribution in [0, 0.1) is 0 Å². The lowest BCUT2D eigenvalue weighted by Gasteiger charge is -2.18. The van der Waals surface area contributed by atoms with Gasteiger partial charge in [-0.05, 0) is 96.4 Å². The van der Waals surface area contributed by atoms with Gasteiger partial charge in [-0.15, -0.1) is 0 Å². The van der Waals surface area contributed by atoms with Crippen LogP contribution in [-0.4, -0.2) is 41.6 Å². The van der Waals surface area contributed by atoms with Crippen molar-refractivity contribution < 1.29 is 24.2 Å². The lowest BCUT2D eigenvalue weighted by molar-refractivity contribution is -0.150. The Kier molecular flexibility index (Phi) is 39.9. The molecule has 2 atom stereocenters. The number of amides is 1. The van der Waals surface area contributed by atoms with Crippen LogP contribution in [0.3, 0.4) is 0 Å². The number of ether oxygens (including phenoxy) is 1. The molecule has 1 amide bonds. The van der Waals surface area contributed by atoms with E-state index in [9.17, 15) is 19.5 Å². The fourth-order valence-electron chi connectivity index (χ4n) is 6.75. The second-order valence-corrected chi connectivity index (χ2v) is 15.5. The largest absolute Gasteiger partial charge is 0.480 e. The topological polar surface area (TPSA) is 119 Å². The lowest BCUT2D eigenvalue weighted by atomic mass is 10.0. The van der Waals surface area contributed by atoms with Crippen molar-refractivity contribution in [1.29, 1.82) is 0 Å². The smallest absolute Gasteiger partial charge is 0.326 e. The highest BCUT2D eigenvalue weighted by molar-refractivity contribution is 5.83. The number of allylic oxidation sites excluding steroid dienone is 6. The van der Waals surface area contributed by atoms with Gasteiger partial charge >= 0.3 is 11.9 Å². The summed E-state index contributed by atoms with van der Waals surface area (Å²) in [6, 6.07) is -0.864. The predicted molar refractivity (Wildman–Crippen MR) is 230 cm³/mol. The van der Waals surface area contributed by atoms with E-state index in [4.69, 9.17) is 10.5 Å². The van der Waals surface area contributed by atoms with Crippen LogP contribution >= 0.6 is 0 Å². The van der Waals surface area contributed by atoms with Crippen LogP contribution in [0.4, 0.5) is 0 Å². The highest BCUT2D eigenvalue weighted by Gasteiger charge is 2.19. The van der Waals surface area contributed by atoms with Crippen molar-refractivity contribution in [2.24, 2.45) is 5.73 Å². The maximum atomic E-state index is 12.7. The number of carboxylic acids is 1. The molecule has 0 bridgehead atoms. The number of nitrogens with one attached hydrogen (secondary N) is 1. The number of hydrogen-bond acceptors (Lipinski definition) is 5. The number of carboxylic acid groups (broad SMARTS) is 1. The van der Waals surface area contributed by atoms with Gasteiger partial charge in [-0.3, -0.25) is 9.59 Å². The van der Waals surface area contributed by atoms with Gasteiger partial charge in [0.05, 0.1) is 0 Å². The van der Waals surface area contributed by atoms with Gasteiger partial charge in [-0.1, -0.05) is 159 Å². The maximum Gasteiger partial charge on any atom is 0.326 e. The molecule has 0 aromatic rings. The summed E-state index contributed by atoms with van der Waals surface area (Å²) in [7, 11) is 0. The number of esters is 1. The van der Waals surface area contributed by atoms with Crippen molar-refractivity contribution >= 4 is 17.8 Å². The van der Waals surface area contributed by atoms with E-state index >= 15 is 0 Å². The molecule has 0 fully saturated rings. The summed E-state index contributed by atoms with van der Waals surface area (Å²) in [5.74, 6) is -1.27. The predicted octanol–water partition coefficient (Wildman–Crippen LogP) is 13.0. The Morgan fingerprint density at radius 3 is 1.44 bits per heavy atom. The van der Waals surface area contributed by atoms with Gasteiger partial charge in [0.25, 0.3) is 0 Å². The Morgan fingerprint density at radius 1 is 0.537 bits per heavy atom. The van der Waals surface area contributed by atoms with Crippen LogP contribution in [0.5, 0.6) is 0 Å². The minimum absolute atomic E-state index is 0.0147. The van der Waals surface area contributed by atoms with E-state index in [-0.39, 0.29) is 18.0 Å². The van der Waals surface area contributed by atoms with Gasteiger partial charge < -0.3 is 20.9 Å². The minimum atomic E-state index is -1.01. The van der Waals surface area contributed by atoms with Crippen molar-refractivity contribution in [2.75, 3.05) is 6.54 Å². The standard InChI is InChI=1S/C47H86N2O5/c1-3-5-7-9-11-12-13-14-15-16-17-18-19-20-21-22-23-24-25-26-27-29-35-41-46(51)54-43(37-32-28-10-8-6-4-2)38-33-30-31-34-40-45(50)49-44(47(52)53)39-36-42-48/h13-14,16-17,19-20,43-44H,3-12,15,18,21-42,48H2,1-2H3,(H,49,50)(H,52,53)/b14-13-,17-16-,20-19-. The van der Waals surface area contributed by atoms with Crippen LogP contribution in [0.25, 0.3) is 0 Å². The number of nitrogens with two attached hydrogens (primary N) is 1. The Morgan fingerprint density at radius 2 is 0.963 bits per heavy atom. The monoisotopic (exact) mass is 759 g/mol. The van der Waals surface area contributed by atoms with E-state index in [1.807, 2.05) is 0 Å². The molecule has 0 aliphatic rings. The fourth-order valence-corrected chi connectivity index (χ4v) is 6.75. The van der Waals surface area contributed by atoms with E-state index in [0.29, 0.717) is 32.2 Å². The molecule has 0 radical (unpaired) electrons. The summed E-state index contributed by atoms with van der Waals surface area (Å²) in [5, 5.41) is 11.9. The number of hydrogen-bond donors (Lipinski definition) is 3. The van der Waals surface area contributed by atoms with Gasteiger partial charge in [-0.25, -0.2) is 4.79 Å². The summed E-state index contributed by atoms with van der Waals surface area (Å²) in [4.78, 5) is 36.3. The molecule has 0 rings (SSSR count). The van der Waals surface area contributed by atoms with Gasteiger partial charge in [0, 0.05) is 12.8 Å². The Bertz CT molecular complexity index is 946. The number of aliphatic carboxylic acids is 1. The molecule has 0 saturated carbocycles. The molecular weight excluding hydrogens is 673 g/mol. The minimum Gasteiger partial charge on any atom is -0.480 e. The van der Waals surface area contributed by atoms with Crippen molar-refractivity contribution in [3.8, 4) is 0 Å². The number of rotatable bonds is 41. The van der Waals surface area contributed by atoms with Crippen molar-refractivity contribution in [3.63, 3.8) is 0 Å². The molecule has 0 aromatic heterocycles. The first-order chi connectivity index (χ1) is 26.4. The second kappa shape index (κ2) is 41.7. The van der Waals surface area contributed by atoms with Gasteiger partial charge in [0.1, 0.15) is 12.1 Å². The molecule has 7 nitrogen and oxygen atoms in total. The zero-order chi connectivity index (χ0) is 39.6. The summed E-state index contributed by atoms with van der Waals surface area (Å²) in [5.41, 5.74) is 5.48. The molecule has 0 spiro atoms. The van der Waals surface area contributed by atoms with Crippen LogP contribution in [0.15, 0.2) is 36.5 Å². The zero-order valence-electron chi connectivity index (χ0n) is 35.3. The van der Waals surface area contributed by atoms with Crippen molar-refractivity contribution in [1.82, 2.24) is 5.32 Å². The normalized spacial score (nSPS) is 12.9. The first-order valence-corrected chi connectivity index (χ1v) is 22.8. The number of unbranched alkanes of at least 4 members (excludes halogenated alkanes) is 21. The van der Waals surface area contributed by atoms with Crippen molar-refractivity contribution in [3.05, 3.63) is 36.5 Å². The van der Waals surface area contributed by atoms with E-state index < -0.39 is 12.0 Å². The Balaban J connectivity index is 4.03. The Hall–Kier alpha value is -2.41. The zero-order valence-corrected chi connectivity index (χ0v) is 35.3. The molecular formula is C47H86N2O5. The van der Waals surface area contributed by atoms with Crippen LogP contribution in [0.2, 0.25) is 0 Å². The van der Waals surface area contributed by atoms with E-state index in [0.717, 1.165) is 70.6 Å². The van der Waals surface area contributed by atoms with Crippen molar-refractivity contribution in [2.45, 2.75) is 238 Å². The van der Waals surface area contributed by atoms with E-state index in [1.54, 1.807) is 0 Å². The van der Waals surface area contributed by atoms with E-state index in [2.05, 4.69) is 55.6 Å². The second-order valence-electron chi connectivity index (χ2n) is 15.5. The molecule has 0 aliphatic heterocycles. The molecule has 0 aliphatic carbocycles. The lowest BCUT2D eigenvalue weighted by Crippen LogP contribution is -2.40. The molecule has 0 saturated heterocycles. The molecule has 4 N–H and O–H groups in total. The van der Waals surface area contributed by atoms with Crippen LogP contribution in [0.1, 0.15) is 226 Å². The third kappa shape index (κ3) is 37.9. The molecule has 2 unspecified atom stereocenters. The summed E-state index contributed by atoms with van der Waals surface area (Å²) < 4.78 is 5.99. The molecule has 54 heavy (non-hydrogen) atoms. The number of carbonyl (C=O) groups is 3. The quantitative estimate of drug-likeness (QED) is 0.0324. The Labute approximate surface area is 333 Å². The average molecular weight is 759 g/mol. The highest BCUT2D eigenvalue weighted by atomic mass is 16.5. The SMILES string of the molecule is CCCCCCC/C=C\C/C=C\C/C=C\CCCCCCCCCCC(=O)OC(CCCCCCCC)CCCCCCC(=O)NC(CCCN)C(=O)O. The molecule has 0 aromatic carbocycles. The van der Waals surface area contributed by atoms with E-state index in [1.165, 1.54) is 116 Å². The molecule has 314 valence electrons. The third-order valence-corrected chi connectivity index (χ3v) is 10.2. The summed E-state index contributed by atoms with van der Waals surface area (Å²) >= 11 is 0. The first kappa shape index (κ1) is 51.6. The van der Waals surface area contributed by atoms with Gasteiger partial charge in [0.2, 0.25) is 5.91 Å². The third-order valence-electron chi connectivity index (χ3n) is 10.2. The maximum absolute atomic E-state index is 12.7. The van der Waals surface area contributed by atoms with Crippen LogP contribution < -0.4 is 11.1 Å². The summed E-state index contributed by atoms with van der Waals surface area (Å²) in [6.45, 7) is 4.91. The molecule has 0 heterocycles. The van der Waals surface area contributed by atoms with Gasteiger partial charge in [-0.2, -0.15) is 0 Å². The fraction of sp³-hybridized carbons (Fsp3) is 0.809. The van der Waals surface area contributed by atoms with Crippen LogP contribution in [-0.2, 0) is 19.1 Å². The van der Waals surface area contributed by atoms with Gasteiger partial charge in [0.15, 0.2) is 0 Å². The first-order valence-electron chi connectivity index (χ1n) is 22.8. The summed E-state index contributed by atoms with van der Waals surface area (Å²) in [6.07, 6.45) is 49.2. The average Bonchev–Trinajstić information content (AvgIpc) is 3.16. The highest BCUT2D eigenvalue weighted by Crippen LogP contribution is 2.18. The molecule has 7 heteroatoms.